The first-order valence-electron chi connectivity index (χ1n) is 19.9. The molecular weight excluding hydrogens is 694 g/mol. The molecule has 0 radical (unpaired) electrons. The van der Waals surface area contributed by atoms with Crippen molar-refractivity contribution in [2.24, 2.45) is 5.96 Å². The first-order valence-corrected chi connectivity index (χ1v) is 19.9. The van der Waals surface area contributed by atoms with Crippen LogP contribution in [0.3, 0.4) is 0 Å². The lowest BCUT2D eigenvalue weighted by atomic mass is 9.79. The zero-order valence-corrected chi connectivity index (χ0v) is 33.1. The summed E-state index contributed by atoms with van der Waals surface area (Å²) in [7, 11) is 0. The second kappa shape index (κ2) is 12.6. The minimum atomic E-state index is -0.153. The Labute approximate surface area is 332 Å². The highest BCUT2D eigenvalue weighted by molar-refractivity contribution is 6.26. The van der Waals surface area contributed by atoms with Crippen LogP contribution in [0.25, 0.3) is 99.4 Å². The highest BCUT2D eigenvalue weighted by atomic mass is 19.2. The molecule has 2 N–H and O–H groups in total. The van der Waals surface area contributed by atoms with Crippen molar-refractivity contribution in [3.05, 3.63) is 179 Å². The van der Waals surface area contributed by atoms with Crippen molar-refractivity contribution in [2.75, 3.05) is 0 Å². The minimum Gasteiger partial charge on any atom is -0.172 e. The summed E-state index contributed by atoms with van der Waals surface area (Å²) in [6.45, 7) is 15.9. The highest BCUT2D eigenvalue weighted by Gasteiger charge is 2.38. The zero-order valence-electron chi connectivity index (χ0n) is 33.1. The molecule has 0 heterocycles. The summed E-state index contributed by atoms with van der Waals surface area (Å²) in [6.07, 6.45) is 6.36. The molecule has 0 amide bonds. The fourth-order valence-corrected chi connectivity index (χ4v) is 10.6. The smallest absolute Gasteiger partial charge is 0.0159 e. The van der Waals surface area contributed by atoms with Gasteiger partial charge in [0.25, 0.3) is 0 Å². The van der Waals surface area contributed by atoms with Gasteiger partial charge >= 0.3 is 0 Å². The summed E-state index contributed by atoms with van der Waals surface area (Å²) >= 11 is 0. The van der Waals surface area contributed by atoms with E-state index in [1.54, 1.807) is 0 Å². The Hall–Kier alpha value is -6.35. The molecule has 9 aromatic carbocycles. The van der Waals surface area contributed by atoms with E-state index in [-0.39, 0.29) is 10.8 Å². The molecule has 0 saturated carbocycles. The van der Waals surface area contributed by atoms with Crippen LogP contribution in [0.5, 0.6) is 0 Å². The van der Waals surface area contributed by atoms with Crippen LogP contribution in [0, 0.1) is 0 Å². The van der Waals surface area contributed by atoms with Crippen molar-refractivity contribution in [3.8, 4) is 33.4 Å². The van der Waals surface area contributed by atoms with Gasteiger partial charge in [0.15, 0.2) is 0 Å². The molecule has 2 aliphatic carbocycles. The molecule has 2 heteroatoms. The fraction of sp³-hybridized carbons (Fsp3) is 0.127. The Morgan fingerprint density at radius 1 is 0.421 bits per heavy atom. The lowest BCUT2D eigenvalue weighted by Gasteiger charge is -2.24. The van der Waals surface area contributed by atoms with E-state index in [0.717, 1.165) is 0 Å². The van der Waals surface area contributed by atoms with Crippen molar-refractivity contribution in [2.45, 2.75) is 45.4 Å². The van der Waals surface area contributed by atoms with Gasteiger partial charge in [0.05, 0.1) is 0 Å². The Balaban J connectivity index is 0.00000195. The standard InChI is InChI=1S/C55H42.FH2N/c1-7-15-35-34(8-2)36-16-9-12-19-39(36)44-28-48-42-24-22-32(26-50(42)54(3,4)52(48)30-46(35)44)33-23-25-43-49-29-45-40-20-13-10-17-37(40)38-18-11-14-21-41(38)47(45)31-53(49)55(5,6)51(43)27-33;1-2/h7-31H,1H2,2-6H3;2H2/b34-8+,35-15+;. The van der Waals surface area contributed by atoms with Crippen LogP contribution in [-0.2, 0) is 10.8 Å². The highest BCUT2D eigenvalue weighted by Crippen LogP contribution is 2.54. The average Bonchev–Trinajstić information content (AvgIpc) is 3.61. The molecule has 1 nitrogen and oxygen atoms in total. The van der Waals surface area contributed by atoms with Gasteiger partial charge in [0.1, 0.15) is 0 Å². The van der Waals surface area contributed by atoms with Gasteiger partial charge in [-0.05, 0) is 163 Å². The Morgan fingerprint density at radius 2 is 0.789 bits per heavy atom. The number of hydrogen-bond donors (Lipinski definition) is 1. The van der Waals surface area contributed by atoms with Gasteiger partial charge in [0, 0.05) is 10.8 Å². The number of benzene rings is 9. The lowest BCUT2D eigenvalue weighted by Crippen LogP contribution is -2.26. The molecule has 0 bridgehead atoms. The summed E-state index contributed by atoms with van der Waals surface area (Å²) in [6, 6.07) is 51.0. The molecular formula is C55H44FN. The number of fused-ring (bicyclic) bond motifs is 15. The summed E-state index contributed by atoms with van der Waals surface area (Å²) in [5.74, 6) is 3.00. The Morgan fingerprint density at radius 3 is 1.25 bits per heavy atom. The number of allylic oxidation sites excluding steroid dienone is 1. The molecule has 0 aliphatic heterocycles. The molecule has 57 heavy (non-hydrogen) atoms. The van der Waals surface area contributed by atoms with E-state index >= 15 is 0 Å². The Bertz CT molecular complexity index is 3340. The zero-order chi connectivity index (χ0) is 39.4. The van der Waals surface area contributed by atoms with Gasteiger partial charge in [-0.15, -0.1) is 4.48 Å². The number of hydrogen-bond acceptors (Lipinski definition) is 1. The van der Waals surface area contributed by atoms with Crippen LogP contribution in [0.4, 0.5) is 4.48 Å². The van der Waals surface area contributed by atoms with E-state index in [4.69, 9.17) is 4.48 Å². The summed E-state index contributed by atoms with van der Waals surface area (Å²) in [5, 5.41) is 15.7. The number of nitrogens with two attached hydrogens (primary N) is 1. The van der Waals surface area contributed by atoms with Crippen molar-refractivity contribution >= 4 is 66.0 Å². The minimum absolute atomic E-state index is 0.133. The van der Waals surface area contributed by atoms with Crippen LogP contribution in [0.15, 0.2) is 146 Å². The molecule has 0 aromatic heterocycles. The van der Waals surface area contributed by atoms with Crippen molar-refractivity contribution in [1.29, 1.82) is 0 Å². The summed E-state index contributed by atoms with van der Waals surface area (Å²) in [5.41, 5.74) is 13.3. The number of halogens is 1. The van der Waals surface area contributed by atoms with E-state index in [0.29, 0.717) is 0 Å². The molecule has 0 unspecified atom stereocenters. The van der Waals surface area contributed by atoms with Gasteiger partial charge in [-0.25, -0.2) is 0 Å². The van der Waals surface area contributed by atoms with E-state index in [1.807, 2.05) is 6.08 Å². The maximum atomic E-state index is 9.00. The maximum Gasteiger partial charge on any atom is 0.0159 e. The van der Waals surface area contributed by atoms with Crippen molar-refractivity contribution < 1.29 is 4.48 Å². The predicted octanol–water partition coefficient (Wildman–Crippen LogP) is 13.3. The second-order valence-electron chi connectivity index (χ2n) is 16.8. The maximum absolute atomic E-state index is 9.00. The van der Waals surface area contributed by atoms with Crippen molar-refractivity contribution in [1.82, 2.24) is 0 Å². The van der Waals surface area contributed by atoms with Crippen LogP contribution >= 0.6 is 0 Å². The largest absolute Gasteiger partial charge is 0.172 e. The molecule has 11 rings (SSSR count). The van der Waals surface area contributed by atoms with E-state index in [2.05, 4.69) is 193 Å². The molecule has 0 saturated heterocycles. The monoisotopic (exact) mass is 737 g/mol. The lowest BCUT2D eigenvalue weighted by molar-refractivity contribution is 0.530. The molecule has 9 aromatic rings. The SMILES string of the molecule is C=C/C=c1\c(=C/C)c2ccccc2c2cc3c(cc12)C(C)(C)c1cc(-c2ccc4c(c2)C(C)(C)c2cc5c6ccccc6c6ccccc6c5cc2-4)ccc1-3.NF. The predicted molar refractivity (Wildman–Crippen MR) is 244 cm³/mol. The van der Waals surface area contributed by atoms with Gasteiger partial charge < -0.3 is 0 Å². The van der Waals surface area contributed by atoms with Crippen LogP contribution < -0.4 is 16.4 Å². The normalized spacial score (nSPS) is 15.1. The van der Waals surface area contributed by atoms with Gasteiger partial charge in [-0.3, -0.25) is 0 Å². The fourth-order valence-electron chi connectivity index (χ4n) is 10.6. The topological polar surface area (TPSA) is 26.0 Å². The van der Waals surface area contributed by atoms with Crippen LogP contribution in [0.2, 0.25) is 0 Å². The molecule has 2 aliphatic rings. The second-order valence-corrected chi connectivity index (χ2v) is 16.8. The van der Waals surface area contributed by atoms with E-state index < -0.39 is 0 Å². The molecule has 0 atom stereocenters. The van der Waals surface area contributed by atoms with Gasteiger partial charge in [0.2, 0.25) is 0 Å². The first kappa shape index (κ1) is 35.1. The van der Waals surface area contributed by atoms with E-state index in [1.165, 1.54) is 120 Å². The number of rotatable bonds is 2. The third kappa shape index (κ3) is 4.78. The molecule has 276 valence electrons. The summed E-state index contributed by atoms with van der Waals surface area (Å²) < 4.78 is 9.00. The van der Waals surface area contributed by atoms with Crippen molar-refractivity contribution in [3.63, 3.8) is 0 Å². The molecule has 0 spiro atoms. The average molecular weight is 738 g/mol. The third-order valence-electron chi connectivity index (χ3n) is 13.3. The Kier molecular flexibility index (Phi) is 7.74. The van der Waals surface area contributed by atoms with Gasteiger partial charge in [-0.2, -0.15) is 5.96 Å². The third-order valence-corrected chi connectivity index (χ3v) is 13.3. The van der Waals surface area contributed by atoms with Gasteiger partial charge in [-0.1, -0.05) is 150 Å². The summed E-state index contributed by atoms with van der Waals surface area (Å²) in [4.78, 5) is 0. The molecule has 0 fully saturated rings. The van der Waals surface area contributed by atoms with E-state index in [9.17, 15) is 0 Å². The van der Waals surface area contributed by atoms with Crippen LogP contribution in [-0.4, -0.2) is 0 Å². The van der Waals surface area contributed by atoms with Crippen LogP contribution in [0.1, 0.15) is 56.9 Å². The first-order chi connectivity index (χ1) is 27.7. The quantitative estimate of drug-likeness (QED) is 0.139.